The van der Waals surface area contributed by atoms with Crippen molar-refractivity contribution in [2.24, 2.45) is 0 Å². The molecule has 0 aliphatic carbocycles. The third kappa shape index (κ3) is 10.7. The predicted octanol–water partition coefficient (Wildman–Crippen LogP) is 7.42. The van der Waals surface area contributed by atoms with Crippen LogP contribution in [0.1, 0.15) is 82.8 Å². The number of unbranched alkanes of at least 4 members (excludes halogenated alkanes) is 7. The van der Waals surface area contributed by atoms with Crippen molar-refractivity contribution < 1.29 is 10.2 Å². The van der Waals surface area contributed by atoms with Gasteiger partial charge < -0.3 is 10.2 Å². The Balaban J connectivity index is 0.000000289. The van der Waals surface area contributed by atoms with Gasteiger partial charge in [-0.25, -0.2) is 0 Å². The molecular weight excluding hydrogens is 332 g/mol. The molecule has 0 saturated heterocycles. The van der Waals surface area contributed by atoms with Gasteiger partial charge in [0.2, 0.25) is 0 Å². The number of hydrogen-bond acceptors (Lipinski definition) is 2. The largest absolute Gasteiger partial charge is 0.508 e. The first-order valence-electron chi connectivity index (χ1n) is 10.7. The highest BCUT2D eigenvalue weighted by atomic mass is 16.3. The van der Waals surface area contributed by atoms with Gasteiger partial charge >= 0.3 is 0 Å². The molecule has 2 aromatic rings. The van der Waals surface area contributed by atoms with E-state index in [1.807, 2.05) is 36.4 Å². The van der Waals surface area contributed by atoms with Gasteiger partial charge in [0.1, 0.15) is 11.5 Å². The molecule has 0 unspecified atom stereocenters. The molecule has 2 aromatic carbocycles. The van der Waals surface area contributed by atoms with Gasteiger partial charge in [-0.05, 0) is 48.9 Å². The van der Waals surface area contributed by atoms with E-state index in [9.17, 15) is 10.2 Å². The van der Waals surface area contributed by atoms with E-state index in [0.717, 1.165) is 30.4 Å². The second kappa shape index (κ2) is 15.1. The van der Waals surface area contributed by atoms with Crippen LogP contribution in [-0.4, -0.2) is 10.2 Å². The molecular formula is C25H38O2. The maximum atomic E-state index is 9.58. The summed E-state index contributed by atoms with van der Waals surface area (Å²) in [6.07, 6.45) is 13.6. The first-order valence-corrected chi connectivity index (χ1v) is 10.7. The summed E-state index contributed by atoms with van der Waals surface area (Å²) in [4.78, 5) is 0. The number of aryl methyl sites for hydroxylation is 2. The van der Waals surface area contributed by atoms with Gasteiger partial charge in [0.25, 0.3) is 0 Å². The lowest BCUT2D eigenvalue weighted by molar-refractivity contribution is 0.465. The van der Waals surface area contributed by atoms with Crippen LogP contribution in [0.2, 0.25) is 0 Å². The number of rotatable bonds is 11. The molecule has 27 heavy (non-hydrogen) atoms. The lowest BCUT2D eigenvalue weighted by atomic mass is 10.0. The van der Waals surface area contributed by atoms with E-state index >= 15 is 0 Å². The zero-order valence-electron chi connectivity index (χ0n) is 17.3. The average molecular weight is 371 g/mol. The Labute approximate surface area is 166 Å². The lowest BCUT2D eigenvalue weighted by Crippen LogP contribution is -1.87. The number of phenolic OH excluding ortho intramolecular Hbond substituents is 2. The van der Waals surface area contributed by atoms with Crippen LogP contribution in [0, 0.1) is 0 Å². The normalized spacial score (nSPS) is 10.3. The molecule has 150 valence electrons. The van der Waals surface area contributed by atoms with Crippen molar-refractivity contribution in [1.82, 2.24) is 0 Å². The summed E-state index contributed by atoms with van der Waals surface area (Å²) in [6.45, 7) is 4.40. The molecule has 0 saturated carbocycles. The minimum absolute atomic E-state index is 0.431. The maximum Gasteiger partial charge on any atom is 0.118 e. The van der Waals surface area contributed by atoms with Crippen molar-refractivity contribution in [2.45, 2.75) is 84.5 Å². The van der Waals surface area contributed by atoms with Crippen molar-refractivity contribution >= 4 is 0 Å². The molecule has 2 N–H and O–H groups in total. The molecule has 0 radical (unpaired) electrons. The van der Waals surface area contributed by atoms with Crippen molar-refractivity contribution in [3.05, 3.63) is 59.7 Å². The number of benzene rings is 2. The zero-order valence-corrected chi connectivity index (χ0v) is 17.3. The van der Waals surface area contributed by atoms with Crippen LogP contribution in [0.25, 0.3) is 0 Å². The van der Waals surface area contributed by atoms with Crippen LogP contribution in [0.3, 0.4) is 0 Å². The molecule has 0 aliphatic rings. The lowest BCUT2D eigenvalue weighted by Gasteiger charge is -2.04. The minimum atomic E-state index is 0.431. The highest BCUT2D eigenvalue weighted by molar-refractivity contribution is 5.32. The summed E-state index contributed by atoms with van der Waals surface area (Å²) in [5.74, 6) is 0.884. The highest BCUT2D eigenvalue weighted by Gasteiger charge is 1.99. The Bertz CT molecular complexity index is 607. The van der Waals surface area contributed by atoms with Gasteiger partial charge in [-0.3, -0.25) is 0 Å². The molecule has 2 rings (SSSR count). The molecule has 0 bridgehead atoms. The second-order valence-electron chi connectivity index (χ2n) is 7.23. The Morgan fingerprint density at radius 2 is 0.926 bits per heavy atom. The zero-order chi connectivity index (χ0) is 19.7. The summed E-state index contributed by atoms with van der Waals surface area (Å²) in [5.41, 5.74) is 2.16. The molecule has 0 spiro atoms. The molecule has 2 heteroatoms. The summed E-state index contributed by atoms with van der Waals surface area (Å²) in [7, 11) is 0. The molecule has 0 amide bonds. The summed E-state index contributed by atoms with van der Waals surface area (Å²) < 4.78 is 0. The Morgan fingerprint density at radius 1 is 0.519 bits per heavy atom. The third-order valence-corrected chi connectivity index (χ3v) is 4.83. The fourth-order valence-corrected chi connectivity index (χ4v) is 3.08. The van der Waals surface area contributed by atoms with Crippen molar-refractivity contribution in [3.63, 3.8) is 0 Å². The average Bonchev–Trinajstić information content (AvgIpc) is 2.68. The predicted molar refractivity (Wildman–Crippen MR) is 117 cm³/mol. The molecule has 0 aromatic heterocycles. The fourth-order valence-electron chi connectivity index (χ4n) is 3.08. The first kappa shape index (κ1) is 23.1. The van der Waals surface area contributed by atoms with Crippen molar-refractivity contribution in [1.29, 1.82) is 0 Å². The topological polar surface area (TPSA) is 40.5 Å². The standard InChI is InChI=1S/C15H24O.C10H14O/c1-2-3-4-5-6-7-8-11-14-12-9-10-13-15(14)16;1-2-3-6-9-7-4-5-8-10(9)11/h9-10,12-13,16H,2-8,11H2,1H3;4-5,7-8,11H,2-3,6H2,1H3. The highest BCUT2D eigenvalue weighted by Crippen LogP contribution is 2.19. The summed E-state index contributed by atoms with van der Waals surface area (Å²) >= 11 is 0. The monoisotopic (exact) mass is 370 g/mol. The summed E-state index contributed by atoms with van der Waals surface area (Å²) in [6, 6.07) is 15.2. The number of hydrogen-bond donors (Lipinski definition) is 2. The van der Waals surface area contributed by atoms with Crippen LogP contribution < -0.4 is 0 Å². The second-order valence-corrected chi connectivity index (χ2v) is 7.23. The van der Waals surface area contributed by atoms with Crippen molar-refractivity contribution in [2.75, 3.05) is 0 Å². The minimum Gasteiger partial charge on any atom is -0.508 e. The number of para-hydroxylation sites is 2. The van der Waals surface area contributed by atoms with E-state index < -0.39 is 0 Å². The van der Waals surface area contributed by atoms with Crippen molar-refractivity contribution in [3.8, 4) is 11.5 Å². The molecule has 2 nitrogen and oxygen atoms in total. The molecule has 0 atom stereocenters. The van der Waals surface area contributed by atoms with E-state index in [-0.39, 0.29) is 0 Å². The van der Waals surface area contributed by atoms with Gasteiger partial charge in [-0.2, -0.15) is 0 Å². The SMILES string of the molecule is CCCCCCCCCc1ccccc1O.CCCCc1ccccc1O. The van der Waals surface area contributed by atoms with Gasteiger partial charge in [0.15, 0.2) is 0 Å². The number of phenols is 2. The van der Waals surface area contributed by atoms with E-state index in [4.69, 9.17) is 0 Å². The number of aromatic hydroxyl groups is 2. The quantitative estimate of drug-likeness (QED) is 0.404. The van der Waals surface area contributed by atoms with E-state index in [0.29, 0.717) is 11.5 Å². The van der Waals surface area contributed by atoms with Gasteiger partial charge in [-0.15, -0.1) is 0 Å². The Hall–Kier alpha value is -1.96. The maximum absolute atomic E-state index is 9.58. The van der Waals surface area contributed by atoms with Gasteiger partial charge in [0.05, 0.1) is 0 Å². The smallest absolute Gasteiger partial charge is 0.118 e. The van der Waals surface area contributed by atoms with Gasteiger partial charge in [-0.1, -0.05) is 95.2 Å². The van der Waals surface area contributed by atoms with Crippen LogP contribution in [0.4, 0.5) is 0 Å². The molecule has 0 fully saturated rings. The van der Waals surface area contributed by atoms with Crippen LogP contribution >= 0.6 is 0 Å². The van der Waals surface area contributed by atoms with Crippen LogP contribution in [0.5, 0.6) is 11.5 Å². The van der Waals surface area contributed by atoms with Gasteiger partial charge in [0, 0.05) is 0 Å². The summed E-state index contributed by atoms with van der Waals surface area (Å²) in [5, 5.41) is 18.9. The fraction of sp³-hybridized carbons (Fsp3) is 0.520. The van der Waals surface area contributed by atoms with Crippen LogP contribution in [-0.2, 0) is 12.8 Å². The van der Waals surface area contributed by atoms with Crippen LogP contribution in [0.15, 0.2) is 48.5 Å². The van der Waals surface area contributed by atoms with E-state index in [2.05, 4.69) is 13.8 Å². The Morgan fingerprint density at radius 3 is 1.41 bits per heavy atom. The third-order valence-electron chi connectivity index (χ3n) is 4.83. The molecule has 0 aliphatic heterocycles. The first-order chi connectivity index (χ1) is 13.2. The Kier molecular flexibility index (Phi) is 12.9. The van der Waals surface area contributed by atoms with E-state index in [1.54, 1.807) is 12.1 Å². The van der Waals surface area contributed by atoms with E-state index in [1.165, 1.54) is 51.4 Å². The molecule has 0 heterocycles.